The number of para-hydroxylation sites is 2. The van der Waals surface area contributed by atoms with E-state index in [1.54, 1.807) is 39.8 Å². The van der Waals surface area contributed by atoms with Gasteiger partial charge < -0.3 is 9.05 Å². The molecule has 0 N–H and O–H groups in total. The monoisotopic (exact) mass is 686 g/mol. The normalized spacial score (nSPS) is 16.4. The van der Waals surface area contributed by atoms with Crippen LogP contribution in [0.15, 0.2) is 146 Å². The quantitative estimate of drug-likeness (QED) is 0.0948. The topological polar surface area (TPSA) is 89.5 Å². The molecule has 0 spiro atoms. The first-order valence-electron chi connectivity index (χ1n) is 15.7. The van der Waals surface area contributed by atoms with E-state index in [-0.39, 0.29) is 11.5 Å². The van der Waals surface area contributed by atoms with Crippen LogP contribution in [-0.4, -0.2) is 0 Å². The summed E-state index contributed by atoms with van der Waals surface area (Å²) in [4.78, 5) is 0. The van der Waals surface area contributed by atoms with E-state index in [2.05, 4.69) is 0 Å². The third kappa shape index (κ3) is 9.77. The van der Waals surface area contributed by atoms with Crippen molar-refractivity contribution in [2.24, 2.45) is 0 Å². The molecule has 0 saturated carbocycles. The van der Waals surface area contributed by atoms with Gasteiger partial charge in [0.25, 0.3) is 0 Å². The minimum Gasteiger partial charge on any atom is -0.400 e. The zero-order valence-electron chi connectivity index (χ0n) is 27.3. The first kappa shape index (κ1) is 35.3. The molecule has 0 heterocycles. The molecule has 0 aliphatic carbocycles. The van der Waals surface area contributed by atoms with Gasteiger partial charge >= 0.3 is 15.6 Å². The van der Waals surface area contributed by atoms with Crippen molar-refractivity contribution in [2.75, 3.05) is 0 Å². The largest absolute Gasteiger partial charge is 0.531 e. The molecule has 0 aromatic heterocycles. The molecule has 4 atom stereocenters. The highest BCUT2D eigenvalue weighted by Gasteiger charge is 2.39. The Labute approximate surface area is 282 Å². The maximum Gasteiger partial charge on any atom is 0.531 e. The van der Waals surface area contributed by atoms with Gasteiger partial charge in [-0.1, -0.05) is 133 Å². The fourth-order valence-electron chi connectivity index (χ4n) is 4.89. The Balaban J connectivity index is 1.46. The van der Waals surface area contributed by atoms with E-state index in [0.29, 0.717) is 0 Å². The smallest absolute Gasteiger partial charge is 0.400 e. The Hall–Kier alpha value is -4.00. The molecule has 4 unspecified atom stereocenters. The lowest BCUT2D eigenvalue weighted by Crippen LogP contribution is -2.11. The van der Waals surface area contributed by atoms with Crippen LogP contribution in [0.5, 0.6) is 11.5 Å². The summed E-state index contributed by atoms with van der Waals surface area (Å²) in [7, 11) is -8.76. The fourth-order valence-corrected chi connectivity index (χ4v) is 7.98. The highest BCUT2D eigenvalue weighted by atomic mass is 31.2. The van der Waals surface area contributed by atoms with Gasteiger partial charge in [-0.2, -0.15) is 0 Å². The lowest BCUT2D eigenvalue weighted by Gasteiger charge is -2.28. The van der Waals surface area contributed by atoms with Gasteiger partial charge in [0.2, 0.25) is 0 Å². The van der Waals surface area contributed by atoms with Gasteiger partial charge in [0.15, 0.2) is 11.5 Å². The highest BCUT2D eigenvalue weighted by Crippen LogP contribution is 2.60. The molecule has 0 fully saturated rings. The lowest BCUT2D eigenvalue weighted by atomic mass is 10.1. The minimum absolute atomic E-state index is 0.0338. The number of hydrogen-bond donors (Lipinski definition) is 0. The number of hydrogen-bond acceptors (Lipinski definition) is 8. The molecule has 0 bridgehead atoms. The SMILES string of the molecule is CC(OP(=O)(Oc1ccccc1OP(=O)(OC(C)c1ccccc1)OC(C)c1ccccc1)OC(C)c1ccccc1)c1ccccc1. The van der Waals surface area contributed by atoms with Crippen molar-refractivity contribution in [3.05, 3.63) is 168 Å². The molecule has 5 rings (SSSR count). The maximum atomic E-state index is 14.5. The molecule has 0 aliphatic heterocycles. The summed E-state index contributed by atoms with van der Waals surface area (Å²) in [5.41, 5.74) is 3.10. The highest BCUT2D eigenvalue weighted by molar-refractivity contribution is 7.49. The summed E-state index contributed by atoms with van der Waals surface area (Å²) < 4.78 is 65.6. The van der Waals surface area contributed by atoms with Gasteiger partial charge in [-0.3, -0.25) is 18.1 Å². The first-order chi connectivity index (χ1) is 23.1. The van der Waals surface area contributed by atoms with Crippen molar-refractivity contribution in [1.82, 2.24) is 0 Å². The standard InChI is InChI=1S/C38H40O8P2/c1-29(33-19-9-5-10-20-33)41-47(39,42-30(2)34-21-11-6-12-22-34)45-37-27-17-18-28-38(37)46-48(40,43-31(3)35-23-13-7-14-24-35)44-32(4)36-25-15-8-16-26-36/h5-32H,1-4H3. The summed E-state index contributed by atoms with van der Waals surface area (Å²) in [5.74, 6) is -0.0676. The van der Waals surface area contributed by atoms with Gasteiger partial charge in [-0.25, -0.2) is 9.13 Å². The maximum absolute atomic E-state index is 14.5. The summed E-state index contributed by atoms with van der Waals surface area (Å²) in [5, 5.41) is 0. The van der Waals surface area contributed by atoms with Crippen LogP contribution in [-0.2, 0) is 27.2 Å². The third-order valence-corrected chi connectivity index (χ3v) is 10.6. The second kappa shape index (κ2) is 16.4. The molecule has 5 aromatic carbocycles. The van der Waals surface area contributed by atoms with Crippen LogP contribution in [0, 0.1) is 0 Å². The molecule has 10 heteroatoms. The molecule has 250 valence electrons. The first-order valence-corrected chi connectivity index (χ1v) is 18.7. The summed E-state index contributed by atoms with van der Waals surface area (Å²) in [6.07, 6.45) is -2.65. The van der Waals surface area contributed by atoms with Crippen LogP contribution in [0.3, 0.4) is 0 Å². The average molecular weight is 687 g/mol. The Morgan fingerprint density at radius 3 is 0.792 bits per heavy atom. The van der Waals surface area contributed by atoms with Crippen LogP contribution in [0.2, 0.25) is 0 Å². The second-order valence-corrected chi connectivity index (χ2v) is 14.2. The van der Waals surface area contributed by atoms with E-state index in [1.807, 2.05) is 121 Å². The summed E-state index contributed by atoms with van der Waals surface area (Å²) >= 11 is 0. The van der Waals surface area contributed by atoms with E-state index >= 15 is 0 Å². The van der Waals surface area contributed by atoms with Crippen molar-refractivity contribution in [3.8, 4) is 11.5 Å². The van der Waals surface area contributed by atoms with Crippen LogP contribution in [0.4, 0.5) is 0 Å². The Morgan fingerprint density at radius 2 is 0.562 bits per heavy atom. The van der Waals surface area contributed by atoms with Crippen LogP contribution < -0.4 is 9.05 Å². The van der Waals surface area contributed by atoms with Crippen LogP contribution >= 0.6 is 15.6 Å². The van der Waals surface area contributed by atoms with E-state index < -0.39 is 40.1 Å². The zero-order chi connectivity index (χ0) is 34.0. The van der Waals surface area contributed by atoms with Crippen molar-refractivity contribution in [1.29, 1.82) is 0 Å². The third-order valence-electron chi connectivity index (χ3n) is 7.49. The van der Waals surface area contributed by atoms with Crippen LogP contribution in [0.25, 0.3) is 0 Å². The fraction of sp³-hybridized carbons (Fsp3) is 0.211. The summed E-state index contributed by atoms with van der Waals surface area (Å²) in [6.45, 7) is 7.04. The zero-order valence-corrected chi connectivity index (χ0v) is 29.1. The minimum atomic E-state index is -4.38. The Bertz CT molecular complexity index is 1570. The molecule has 0 amide bonds. The van der Waals surface area contributed by atoms with Gasteiger partial charge in [0.1, 0.15) is 0 Å². The van der Waals surface area contributed by atoms with Crippen molar-refractivity contribution < 1.29 is 36.3 Å². The van der Waals surface area contributed by atoms with Crippen molar-refractivity contribution >= 4 is 15.6 Å². The van der Waals surface area contributed by atoms with Crippen molar-refractivity contribution in [3.63, 3.8) is 0 Å². The molecule has 48 heavy (non-hydrogen) atoms. The molecule has 8 nitrogen and oxygen atoms in total. The predicted molar refractivity (Wildman–Crippen MR) is 187 cm³/mol. The summed E-state index contributed by atoms with van der Waals surface area (Å²) in [6, 6.07) is 43.7. The lowest BCUT2D eigenvalue weighted by molar-refractivity contribution is 0.0838. The van der Waals surface area contributed by atoms with Crippen LogP contribution in [0.1, 0.15) is 74.4 Å². The predicted octanol–water partition coefficient (Wildman–Crippen LogP) is 11.8. The van der Waals surface area contributed by atoms with E-state index in [9.17, 15) is 9.13 Å². The van der Waals surface area contributed by atoms with Gasteiger partial charge in [-0.05, 0) is 62.1 Å². The molecular weight excluding hydrogens is 646 g/mol. The Kier molecular flexibility index (Phi) is 12.1. The molecule has 0 radical (unpaired) electrons. The Morgan fingerprint density at radius 1 is 0.354 bits per heavy atom. The molecule has 5 aromatic rings. The van der Waals surface area contributed by atoms with Gasteiger partial charge in [-0.15, -0.1) is 0 Å². The molecule has 0 aliphatic rings. The van der Waals surface area contributed by atoms with Crippen molar-refractivity contribution in [2.45, 2.75) is 52.1 Å². The average Bonchev–Trinajstić information content (AvgIpc) is 3.10. The molecule has 0 saturated heterocycles. The van der Waals surface area contributed by atoms with Gasteiger partial charge in [0, 0.05) is 0 Å². The van der Waals surface area contributed by atoms with E-state index in [4.69, 9.17) is 27.1 Å². The number of rotatable bonds is 16. The number of phosphoric ester groups is 2. The van der Waals surface area contributed by atoms with Gasteiger partial charge in [0.05, 0.1) is 24.4 Å². The molecular formula is C38H40O8P2. The number of phosphoric acid groups is 2. The number of benzene rings is 5. The second-order valence-electron chi connectivity index (χ2n) is 11.2. The van der Waals surface area contributed by atoms with E-state index in [1.165, 1.54) is 12.1 Å². The van der Waals surface area contributed by atoms with E-state index in [0.717, 1.165) is 22.3 Å².